The van der Waals surface area contributed by atoms with Crippen LogP contribution >= 0.6 is 0 Å². The molecule has 0 spiro atoms. The van der Waals surface area contributed by atoms with Gasteiger partial charge in [0.05, 0.1) is 0 Å². The lowest BCUT2D eigenvalue weighted by atomic mass is 10.0. The molecule has 0 fully saturated rings. The molecule has 2 aromatic carbocycles. The Morgan fingerprint density at radius 2 is 1.89 bits per heavy atom. The Bertz CT molecular complexity index is 1040. The number of carbonyl (C=O) groups is 2. The number of hydrogen-bond acceptors (Lipinski definition) is 4. The van der Waals surface area contributed by atoms with Crippen molar-refractivity contribution in [3.8, 4) is 0 Å². The number of aromatic nitrogens is 1. The number of pyridine rings is 1. The number of Topliss-reactive ketones (excluding diaryl/α,β-unsaturated/α-hetero) is 1. The average molecular weight is 371 g/mol. The highest BCUT2D eigenvalue weighted by Gasteiger charge is 2.18. The molecular formula is C23H21N3O2. The predicted octanol–water partition coefficient (Wildman–Crippen LogP) is 4.10. The van der Waals surface area contributed by atoms with Crippen molar-refractivity contribution in [2.24, 2.45) is 0 Å². The first kappa shape index (κ1) is 17.9. The van der Waals surface area contributed by atoms with Gasteiger partial charge < -0.3 is 10.6 Å². The summed E-state index contributed by atoms with van der Waals surface area (Å²) < 4.78 is 0. The standard InChI is InChI=1S/C23H21N3O2/c1-15(27)18-7-5-16(6-8-18)13-17-9-11-25-22(14-17)26-23(28)20-3-2-4-21-19(20)10-12-24-21/h2-9,11,14,24H,10,12-13H2,1H3,(H,25,26,28). The van der Waals surface area contributed by atoms with Crippen LogP contribution in [0.1, 0.15) is 44.3 Å². The third-order valence-corrected chi connectivity index (χ3v) is 4.95. The van der Waals surface area contributed by atoms with Crippen LogP contribution < -0.4 is 10.6 Å². The summed E-state index contributed by atoms with van der Waals surface area (Å²) in [4.78, 5) is 28.4. The quantitative estimate of drug-likeness (QED) is 0.663. The van der Waals surface area contributed by atoms with Crippen molar-refractivity contribution < 1.29 is 9.59 Å². The van der Waals surface area contributed by atoms with E-state index in [2.05, 4.69) is 15.6 Å². The van der Waals surface area contributed by atoms with Crippen LogP contribution in [0.2, 0.25) is 0 Å². The number of rotatable bonds is 5. The third-order valence-electron chi connectivity index (χ3n) is 4.95. The Balaban J connectivity index is 1.49. The van der Waals surface area contributed by atoms with Crippen molar-refractivity contribution in [1.29, 1.82) is 0 Å². The Morgan fingerprint density at radius 1 is 1.07 bits per heavy atom. The highest BCUT2D eigenvalue weighted by atomic mass is 16.1. The van der Waals surface area contributed by atoms with E-state index in [9.17, 15) is 9.59 Å². The minimum atomic E-state index is -0.143. The zero-order valence-electron chi connectivity index (χ0n) is 15.7. The molecule has 0 radical (unpaired) electrons. The van der Waals surface area contributed by atoms with E-state index < -0.39 is 0 Å². The minimum absolute atomic E-state index is 0.0584. The van der Waals surface area contributed by atoms with E-state index in [1.54, 1.807) is 13.1 Å². The maximum absolute atomic E-state index is 12.7. The number of nitrogens with zero attached hydrogens (tertiary/aromatic N) is 1. The smallest absolute Gasteiger partial charge is 0.257 e. The lowest BCUT2D eigenvalue weighted by Crippen LogP contribution is -2.15. The second kappa shape index (κ2) is 7.64. The van der Waals surface area contributed by atoms with Gasteiger partial charge in [0.2, 0.25) is 0 Å². The second-order valence-electron chi connectivity index (χ2n) is 6.94. The van der Waals surface area contributed by atoms with Gasteiger partial charge in [0.25, 0.3) is 5.91 Å². The molecule has 0 saturated carbocycles. The molecule has 2 N–H and O–H groups in total. The summed E-state index contributed by atoms with van der Waals surface area (Å²) >= 11 is 0. The van der Waals surface area contributed by atoms with Crippen LogP contribution in [-0.4, -0.2) is 23.2 Å². The summed E-state index contributed by atoms with van der Waals surface area (Å²) in [5, 5.41) is 6.21. The molecule has 2 heterocycles. The summed E-state index contributed by atoms with van der Waals surface area (Å²) in [5.74, 6) is 0.450. The van der Waals surface area contributed by atoms with Gasteiger partial charge >= 0.3 is 0 Å². The van der Waals surface area contributed by atoms with Crippen molar-refractivity contribution in [2.75, 3.05) is 17.2 Å². The lowest BCUT2D eigenvalue weighted by Gasteiger charge is -2.10. The number of carbonyl (C=O) groups excluding carboxylic acids is 2. The summed E-state index contributed by atoms with van der Waals surface area (Å²) in [6.45, 7) is 2.42. The van der Waals surface area contributed by atoms with Crippen molar-refractivity contribution in [3.63, 3.8) is 0 Å². The monoisotopic (exact) mass is 371 g/mol. The van der Waals surface area contributed by atoms with Gasteiger partial charge in [-0.2, -0.15) is 0 Å². The number of anilines is 2. The molecule has 3 aromatic rings. The molecule has 4 rings (SSSR count). The van der Waals surface area contributed by atoms with Gasteiger partial charge in [0.1, 0.15) is 5.82 Å². The molecule has 140 valence electrons. The average Bonchev–Trinajstić information content (AvgIpc) is 3.17. The van der Waals surface area contributed by atoms with Gasteiger partial charge in [-0.25, -0.2) is 4.98 Å². The maximum atomic E-state index is 12.7. The van der Waals surface area contributed by atoms with Crippen LogP contribution in [0.15, 0.2) is 60.8 Å². The Hall–Kier alpha value is -3.47. The van der Waals surface area contributed by atoms with Crippen molar-refractivity contribution in [1.82, 2.24) is 4.98 Å². The number of nitrogens with one attached hydrogen (secondary N) is 2. The van der Waals surface area contributed by atoms with Crippen LogP contribution in [0.3, 0.4) is 0 Å². The van der Waals surface area contributed by atoms with Crippen LogP contribution in [0.4, 0.5) is 11.5 Å². The van der Waals surface area contributed by atoms with E-state index in [-0.39, 0.29) is 11.7 Å². The Kier molecular flexibility index (Phi) is 4.89. The van der Waals surface area contributed by atoms with Crippen molar-refractivity contribution in [3.05, 3.63) is 88.6 Å². The minimum Gasteiger partial charge on any atom is -0.384 e. The highest BCUT2D eigenvalue weighted by Crippen LogP contribution is 2.26. The van der Waals surface area contributed by atoms with E-state index in [1.807, 2.05) is 54.6 Å². The molecule has 0 atom stereocenters. The SMILES string of the molecule is CC(=O)c1ccc(Cc2ccnc(NC(=O)c3cccc4c3CCN4)c2)cc1. The fraction of sp³-hybridized carbons (Fsp3) is 0.174. The zero-order valence-corrected chi connectivity index (χ0v) is 15.7. The number of ketones is 1. The fourth-order valence-electron chi connectivity index (χ4n) is 3.49. The highest BCUT2D eigenvalue weighted by molar-refractivity contribution is 6.06. The van der Waals surface area contributed by atoms with Gasteiger partial charge in [-0.05, 0) is 60.7 Å². The van der Waals surface area contributed by atoms with Gasteiger partial charge in [-0.15, -0.1) is 0 Å². The van der Waals surface area contributed by atoms with Crippen LogP contribution in [0.5, 0.6) is 0 Å². The molecule has 1 amide bonds. The van der Waals surface area contributed by atoms with E-state index in [4.69, 9.17) is 0 Å². The molecule has 28 heavy (non-hydrogen) atoms. The van der Waals surface area contributed by atoms with E-state index >= 15 is 0 Å². The largest absolute Gasteiger partial charge is 0.384 e. The van der Waals surface area contributed by atoms with Gasteiger partial charge in [-0.1, -0.05) is 30.3 Å². The molecule has 1 aliphatic heterocycles. The number of benzene rings is 2. The summed E-state index contributed by atoms with van der Waals surface area (Å²) in [7, 11) is 0. The molecule has 0 saturated heterocycles. The maximum Gasteiger partial charge on any atom is 0.257 e. The van der Waals surface area contributed by atoms with E-state index in [0.29, 0.717) is 23.4 Å². The van der Waals surface area contributed by atoms with Crippen LogP contribution in [0.25, 0.3) is 0 Å². The molecule has 1 aromatic heterocycles. The molecule has 0 bridgehead atoms. The first-order valence-corrected chi connectivity index (χ1v) is 9.32. The molecule has 5 heteroatoms. The first-order chi connectivity index (χ1) is 13.6. The number of hydrogen-bond donors (Lipinski definition) is 2. The van der Waals surface area contributed by atoms with Gasteiger partial charge in [-0.3, -0.25) is 9.59 Å². The summed E-state index contributed by atoms with van der Waals surface area (Å²) in [5.41, 5.74) is 5.62. The lowest BCUT2D eigenvalue weighted by molar-refractivity contribution is 0.101. The van der Waals surface area contributed by atoms with Gasteiger partial charge in [0.15, 0.2) is 5.78 Å². The Labute approximate surface area is 163 Å². The fourth-order valence-corrected chi connectivity index (χ4v) is 3.49. The van der Waals surface area contributed by atoms with Crippen LogP contribution in [0, 0.1) is 0 Å². The first-order valence-electron chi connectivity index (χ1n) is 9.32. The van der Waals surface area contributed by atoms with E-state index in [1.165, 1.54) is 0 Å². The topological polar surface area (TPSA) is 71.1 Å². The van der Waals surface area contributed by atoms with Crippen LogP contribution in [-0.2, 0) is 12.8 Å². The molecular weight excluding hydrogens is 350 g/mol. The molecule has 0 unspecified atom stereocenters. The number of fused-ring (bicyclic) bond motifs is 1. The second-order valence-corrected chi connectivity index (χ2v) is 6.94. The Morgan fingerprint density at radius 3 is 2.68 bits per heavy atom. The zero-order chi connectivity index (χ0) is 19.5. The number of amides is 1. The van der Waals surface area contributed by atoms with Crippen molar-refractivity contribution >= 4 is 23.2 Å². The summed E-state index contributed by atoms with van der Waals surface area (Å²) in [6, 6.07) is 17.1. The molecule has 0 aliphatic carbocycles. The predicted molar refractivity (Wildman–Crippen MR) is 110 cm³/mol. The molecule has 1 aliphatic rings. The normalized spacial score (nSPS) is 12.2. The van der Waals surface area contributed by atoms with Crippen molar-refractivity contribution in [2.45, 2.75) is 19.8 Å². The molecule has 5 nitrogen and oxygen atoms in total. The summed E-state index contributed by atoms with van der Waals surface area (Å²) in [6.07, 6.45) is 3.25. The van der Waals surface area contributed by atoms with Gasteiger partial charge in [0, 0.05) is 29.6 Å². The van der Waals surface area contributed by atoms with E-state index in [0.717, 1.165) is 35.3 Å². The third kappa shape index (κ3) is 3.78.